The Hall–Kier alpha value is -0.630. The predicted octanol–water partition coefficient (Wildman–Crippen LogP) is 4.10. The zero-order chi connectivity index (χ0) is 13.3. The van der Waals surface area contributed by atoms with Gasteiger partial charge in [-0.05, 0) is 46.3 Å². The first-order valence-electron chi connectivity index (χ1n) is 4.62. The largest absolute Gasteiger partial charge is 0.276 e. The number of halogens is 3. The van der Waals surface area contributed by atoms with Gasteiger partial charge in [0.05, 0.1) is 9.47 Å². The van der Waals surface area contributed by atoms with Gasteiger partial charge in [0.1, 0.15) is 10.0 Å². The molecule has 1 N–H and O–H groups in total. The molecule has 3 nitrogen and oxygen atoms in total. The smallest absolute Gasteiger partial charge is 0.271 e. The van der Waals surface area contributed by atoms with E-state index in [2.05, 4.69) is 20.7 Å². The molecule has 0 saturated heterocycles. The number of benzene rings is 1. The van der Waals surface area contributed by atoms with Crippen LogP contribution < -0.4 is 4.72 Å². The van der Waals surface area contributed by atoms with Crippen molar-refractivity contribution in [1.82, 2.24) is 0 Å². The van der Waals surface area contributed by atoms with Crippen LogP contribution in [0.1, 0.15) is 0 Å². The number of rotatable bonds is 3. The summed E-state index contributed by atoms with van der Waals surface area (Å²) in [7, 11) is -3.77. The van der Waals surface area contributed by atoms with Crippen LogP contribution >= 0.6 is 38.9 Å². The third-order valence-corrected chi connectivity index (χ3v) is 5.70. The number of sulfonamides is 1. The van der Waals surface area contributed by atoms with E-state index in [1.807, 2.05) is 0 Å². The average Bonchev–Trinajstić information content (AvgIpc) is 2.70. The lowest BCUT2D eigenvalue weighted by Crippen LogP contribution is -2.12. The van der Waals surface area contributed by atoms with Gasteiger partial charge in [-0.15, -0.1) is 11.3 Å². The van der Waals surface area contributed by atoms with E-state index in [1.54, 1.807) is 6.07 Å². The summed E-state index contributed by atoms with van der Waals surface area (Å²) in [6.07, 6.45) is 0. The summed E-state index contributed by atoms with van der Waals surface area (Å²) < 4.78 is 40.3. The highest BCUT2D eigenvalue weighted by Gasteiger charge is 2.18. The molecule has 2 rings (SSSR count). The number of hydrogen-bond acceptors (Lipinski definition) is 3. The number of anilines is 1. The van der Waals surface area contributed by atoms with Gasteiger partial charge in [0.2, 0.25) is 0 Å². The molecule has 0 radical (unpaired) electrons. The summed E-state index contributed by atoms with van der Waals surface area (Å²) in [6, 6.07) is 6.77. The van der Waals surface area contributed by atoms with Crippen molar-refractivity contribution < 1.29 is 12.8 Å². The second kappa shape index (κ2) is 5.16. The lowest BCUT2D eigenvalue weighted by Gasteiger charge is -2.07. The van der Waals surface area contributed by atoms with E-state index < -0.39 is 15.8 Å². The van der Waals surface area contributed by atoms with Gasteiger partial charge < -0.3 is 0 Å². The Kier molecular flexibility index (Phi) is 3.96. The van der Waals surface area contributed by atoms with Crippen LogP contribution in [0, 0.1) is 5.82 Å². The van der Waals surface area contributed by atoms with Crippen LogP contribution in [-0.2, 0) is 10.0 Å². The first kappa shape index (κ1) is 13.8. The Morgan fingerprint density at radius 3 is 2.56 bits per heavy atom. The van der Waals surface area contributed by atoms with Gasteiger partial charge in [-0.25, -0.2) is 12.8 Å². The molecular weight excluding hydrogens is 365 g/mol. The van der Waals surface area contributed by atoms with Gasteiger partial charge in [-0.3, -0.25) is 4.72 Å². The minimum Gasteiger partial charge on any atom is -0.276 e. The van der Waals surface area contributed by atoms with Crippen LogP contribution in [0.25, 0.3) is 0 Å². The Morgan fingerprint density at radius 2 is 2.00 bits per heavy atom. The fourth-order valence-electron chi connectivity index (χ4n) is 1.21. The molecule has 18 heavy (non-hydrogen) atoms. The van der Waals surface area contributed by atoms with Crippen molar-refractivity contribution in [1.29, 1.82) is 0 Å². The zero-order valence-corrected chi connectivity index (χ0v) is 12.6. The Morgan fingerprint density at radius 1 is 1.28 bits per heavy atom. The molecule has 2 aromatic rings. The molecule has 0 spiro atoms. The van der Waals surface area contributed by atoms with Gasteiger partial charge in [-0.2, -0.15) is 0 Å². The van der Waals surface area contributed by atoms with E-state index >= 15 is 0 Å². The van der Waals surface area contributed by atoms with Gasteiger partial charge in [-0.1, -0.05) is 11.6 Å². The molecule has 1 heterocycles. The van der Waals surface area contributed by atoms with Crippen LogP contribution in [0.4, 0.5) is 10.1 Å². The minimum atomic E-state index is -3.77. The second-order valence-electron chi connectivity index (χ2n) is 3.29. The van der Waals surface area contributed by atoms with E-state index in [9.17, 15) is 12.8 Å². The van der Waals surface area contributed by atoms with Gasteiger partial charge in [0.25, 0.3) is 10.0 Å². The maximum absolute atomic E-state index is 13.5. The van der Waals surface area contributed by atoms with Crippen LogP contribution in [0.5, 0.6) is 0 Å². The van der Waals surface area contributed by atoms with Crippen LogP contribution in [-0.4, -0.2) is 8.42 Å². The highest BCUT2D eigenvalue weighted by Crippen LogP contribution is 2.28. The van der Waals surface area contributed by atoms with Crippen LogP contribution in [0.2, 0.25) is 5.02 Å². The molecule has 1 aromatic carbocycles. The highest BCUT2D eigenvalue weighted by atomic mass is 79.9. The van der Waals surface area contributed by atoms with Crippen molar-refractivity contribution >= 4 is 54.6 Å². The highest BCUT2D eigenvalue weighted by molar-refractivity contribution is 9.11. The van der Waals surface area contributed by atoms with Gasteiger partial charge in [0, 0.05) is 5.02 Å². The maximum atomic E-state index is 13.5. The molecule has 0 aliphatic rings. The molecular formula is C10H6BrClFNO2S2. The summed E-state index contributed by atoms with van der Waals surface area (Å²) in [5.41, 5.74) is -0.135. The molecule has 0 aliphatic heterocycles. The summed E-state index contributed by atoms with van der Waals surface area (Å²) in [5, 5.41) is 0.203. The monoisotopic (exact) mass is 369 g/mol. The van der Waals surface area contributed by atoms with Gasteiger partial charge in [0.15, 0.2) is 0 Å². The molecule has 0 atom stereocenters. The molecule has 1 aromatic heterocycles. The van der Waals surface area contributed by atoms with E-state index in [0.29, 0.717) is 3.79 Å². The average molecular weight is 371 g/mol. The summed E-state index contributed by atoms with van der Waals surface area (Å²) in [5.74, 6) is -0.721. The molecule has 0 fully saturated rings. The summed E-state index contributed by atoms with van der Waals surface area (Å²) >= 11 is 9.80. The van der Waals surface area contributed by atoms with Crippen molar-refractivity contribution in [2.75, 3.05) is 4.72 Å². The third kappa shape index (κ3) is 3.03. The molecule has 0 bridgehead atoms. The Labute approximate surface area is 121 Å². The fraction of sp³-hybridized carbons (Fsp3) is 0. The first-order chi connectivity index (χ1) is 8.38. The Balaban J connectivity index is 2.33. The fourth-order valence-corrected chi connectivity index (χ4v) is 4.45. The first-order valence-corrected chi connectivity index (χ1v) is 8.09. The normalized spacial score (nSPS) is 11.5. The maximum Gasteiger partial charge on any atom is 0.271 e. The quantitative estimate of drug-likeness (QED) is 0.884. The number of hydrogen-bond donors (Lipinski definition) is 1. The number of thiophene rings is 1. The van der Waals surface area contributed by atoms with Crippen molar-refractivity contribution in [3.63, 3.8) is 0 Å². The Bertz CT molecular complexity index is 687. The van der Waals surface area contributed by atoms with E-state index in [-0.39, 0.29) is 14.9 Å². The molecule has 96 valence electrons. The standard InChI is InChI=1S/C10H6BrClFNO2S2/c11-9-3-4-10(17-9)18(15,16)14-8-2-1-6(12)5-7(8)13/h1-5,14H. The van der Waals surface area contributed by atoms with Crippen molar-refractivity contribution in [2.45, 2.75) is 4.21 Å². The predicted molar refractivity (Wildman–Crippen MR) is 74.2 cm³/mol. The van der Waals surface area contributed by atoms with Crippen LogP contribution in [0.15, 0.2) is 38.3 Å². The SMILES string of the molecule is O=S(=O)(Nc1ccc(Cl)cc1F)c1ccc(Br)s1. The zero-order valence-electron chi connectivity index (χ0n) is 8.65. The second-order valence-corrected chi connectivity index (χ2v) is 8.10. The lowest BCUT2D eigenvalue weighted by molar-refractivity contribution is 0.600. The van der Waals surface area contributed by atoms with E-state index in [4.69, 9.17) is 11.6 Å². The lowest BCUT2D eigenvalue weighted by atomic mass is 10.3. The minimum absolute atomic E-state index is 0.101. The van der Waals surface area contributed by atoms with E-state index in [1.165, 1.54) is 18.2 Å². The molecule has 0 unspecified atom stereocenters. The van der Waals surface area contributed by atoms with Crippen molar-refractivity contribution in [3.8, 4) is 0 Å². The van der Waals surface area contributed by atoms with E-state index in [0.717, 1.165) is 17.4 Å². The molecule has 0 aliphatic carbocycles. The topological polar surface area (TPSA) is 46.2 Å². The van der Waals surface area contributed by atoms with Crippen molar-refractivity contribution in [2.24, 2.45) is 0 Å². The molecule has 0 saturated carbocycles. The van der Waals surface area contributed by atoms with Gasteiger partial charge >= 0.3 is 0 Å². The molecule has 0 amide bonds. The van der Waals surface area contributed by atoms with Crippen LogP contribution in [0.3, 0.4) is 0 Å². The summed E-state index contributed by atoms with van der Waals surface area (Å²) in [4.78, 5) is 0. The van der Waals surface area contributed by atoms with Crippen molar-refractivity contribution in [3.05, 3.63) is 45.0 Å². The molecule has 8 heteroatoms. The number of nitrogens with one attached hydrogen (secondary N) is 1. The summed E-state index contributed by atoms with van der Waals surface area (Å²) in [6.45, 7) is 0. The third-order valence-electron chi connectivity index (χ3n) is 1.99.